The fourth-order valence-electron chi connectivity index (χ4n) is 0. The molecule has 0 spiro atoms. The van der Waals surface area contributed by atoms with Gasteiger partial charge < -0.3 is 0 Å². The smallest absolute Gasteiger partial charge is 0 e. The summed E-state index contributed by atoms with van der Waals surface area (Å²) in [6.07, 6.45) is 0. The largest absolute Gasteiger partial charge is 0.255 e. The van der Waals surface area contributed by atoms with Crippen molar-refractivity contribution in [3.8, 4) is 0 Å². The van der Waals surface area contributed by atoms with E-state index in [-0.39, 0.29) is 58.3 Å². The topological polar surface area (TPSA) is 40.5 Å². The predicted octanol–water partition coefficient (Wildman–Crippen LogP) is 0.0174. The molecule has 0 saturated carbocycles. The van der Waals surface area contributed by atoms with E-state index in [1.54, 1.807) is 0 Å². The minimum Gasteiger partial charge on any atom is -0.255 e. The summed E-state index contributed by atoms with van der Waals surface area (Å²) in [6.45, 7) is 0. The monoisotopic (exact) mass is 510 g/mol. The van der Waals surface area contributed by atoms with Gasteiger partial charge >= 0.3 is 0 Å². The fraction of sp³-hybridized carbons (Fsp3) is 0. The molecule has 0 fully saturated rings. The molecule has 0 aromatic heterocycles. The van der Waals surface area contributed by atoms with Crippen molar-refractivity contribution in [2.45, 2.75) is 0 Å². The molecule has 0 aromatic carbocycles. The van der Waals surface area contributed by atoms with E-state index >= 15 is 0 Å². The molecule has 0 atom stereocenters. The van der Waals surface area contributed by atoms with Crippen LogP contribution in [0.2, 0.25) is 0 Å². The van der Waals surface area contributed by atoms with E-state index in [1.165, 1.54) is 0 Å². The Kier molecular flexibility index (Phi) is 87.2. The van der Waals surface area contributed by atoms with Crippen molar-refractivity contribution in [1.29, 1.82) is 0 Å². The molecule has 0 aliphatic carbocycles. The van der Waals surface area contributed by atoms with Gasteiger partial charge in [-0.3, -0.25) is 10.5 Å². The second-order valence-electron chi connectivity index (χ2n) is 0. The Morgan fingerprint density at radius 1 is 0.750 bits per heavy atom. The van der Waals surface area contributed by atoms with Crippen LogP contribution in [0.25, 0.3) is 0 Å². The first-order valence-electron chi connectivity index (χ1n) is 0.200. The van der Waals surface area contributed by atoms with Gasteiger partial charge in [0.05, 0.1) is 0 Å². The van der Waals surface area contributed by atoms with Crippen LogP contribution in [0.15, 0.2) is 0 Å². The summed E-state index contributed by atoms with van der Waals surface area (Å²) >= 11 is 0. The summed E-state index contributed by atoms with van der Waals surface area (Å²) in [7, 11) is 0. The maximum Gasteiger partial charge on any atom is 0 e. The molecule has 4 heavy (non-hydrogen) atoms. The zero-order valence-corrected chi connectivity index (χ0v) is 8.51. The second kappa shape index (κ2) is 20.7. The van der Waals surface area contributed by atoms with Crippen molar-refractivity contribution in [2.24, 2.45) is 0 Å². The van der Waals surface area contributed by atoms with Crippen LogP contribution < -0.4 is 0 Å². The van der Waals surface area contributed by atoms with Crippen molar-refractivity contribution >= 4 is 0 Å². The average Bonchev–Trinajstić information content (AvgIpc) is 1.00. The van der Waals surface area contributed by atoms with Gasteiger partial charge in [0.2, 0.25) is 0 Å². The van der Waals surface area contributed by atoms with Crippen LogP contribution in [0.4, 0.5) is 0 Å². The van der Waals surface area contributed by atoms with E-state index in [4.69, 9.17) is 10.5 Å². The van der Waals surface area contributed by atoms with Crippen LogP contribution in [0.3, 0.4) is 0 Å². The molecular weight excluding hydrogens is 520 g/mol. The molecule has 2 nitrogen and oxygen atoms in total. The molecular formula is H2O2Pu2. The van der Waals surface area contributed by atoms with Gasteiger partial charge in [-0.1, -0.05) is 0 Å². The molecule has 0 aliphatic heterocycles. The zero-order chi connectivity index (χ0) is 2.00. The minimum absolute atomic E-state index is 0. The Balaban J connectivity index is -0.00000000500. The Morgan fingerprint density at radius 2 is 0.750 bits per heavy atom. The van der Waals surface area contributed by atoms with E-state index in [0.29, 0.717) is 0 Å². The van der Waals surface area contributed by atoms with Gasteiger partial charge in [-0.2, -0.15) is 0 Å². The minimum atomic E-state index is 0. The molecule has 26 valence electrons. The summed E-state index contributed by atoms with van der Waals surface area (Å²) in [5, 5.41) is 12.0. The molecule has 0 bridgehead atoms. The van der Waals surface area contributed by atoms with Gasteiger partial charge in [-0.25, -0.2) is 0 Å². The van der Waals surface area contributed by atoms with Crippen molar-refractivity contribution in [3.05, 3.63) is 0 Å². The average molecular weight is 522 g/mol. The third kappa shape index (κ3) is 9.09. The molecule has 2 N–H and O–H groups in total. The van der Waals surface area contributed by atoms with Crippen LogP contribution in [-0.4, -0.2) is 10.5 Å². The molecule has 0 radical (unpaired) electrons. The molecule has 0 heterocycles. The molecule has 0 amide bonds. The first kappa shape index (κ1) is 16.9. The van der Waals surface area contributed by atoms with E-state index < -0.39 is 0 Å². The first-order chi connectivity index (χ1) is 1.00. The SMILES string of the molecule is OO.[Pu].[Pu]. The van der Waals surface area contributed by atoms with Crippen LogP contribution in [0.5, 0.6) is 0 Å². The van der Waals surface area contributed by atoms with Gasteiger partial charge in [0, 0.05) is 58.3 Å². The number of hydrogen-bond acceptors (Lipinski definition) is 2. The molecule has 0 aromatic rings. The van der Waals surface area contributed by atoms with Crippen LogP contribution >= 0.6 is 0 Å². The third-order valence-electron chi connectivity index (χ3n) is 0. The van der Waals surface area contributed by atoms with Gasteiger partial charge in [-0.05, 0) is 0 Å². The number of rotatable bonds is 0. The van der Waals surface area contributed by atoms with Crippen molar-refractivity contribution in [2.75, 3.05) is 0 Å². The Bertz CT molecular complexity index is 4.00. The van der Waals surface area contributed by atoms with Gasteiger partial charge in [0.15, 0.2) is 0 Å². The van der Waals surface area contributed by atoms with Crippen LogP contribution in [0, 0.1) is 58.3 Å². The third-order valence-corrected chi connectivity index (χ3v) is 0. The van der Waals surface area contributed by atoms with E-state index in [1.807, 2.05) is 0 Å². The fourth-order valence-corrected chi connectivity index (χ4v) is 0. The van der Waals surface area contributed by atoms with E-state index in [2.05, 4.69) is 0 Å². The molecule has 0 rings (SSSR count). The van der Waals surface area contributed by atoms with Gasteiger partial charge in [0.1, 0.15) is 0 Å². The summed E-state index contributed by atoms with van der Waals surface area (Å²) in [4.78, 5) is 0. The zero-order valence-electron chi connectivity index (χ0n) is 1.71. The van der Waals surface area contributed by atoms with Gasteiger partial charge in [-0.15, -0.1) is 0 Å². The predicted molar refractivity (Wildman–Crippen MR) is 5.26 cm³/mol. The van der Waals surface area contributed by atoms with Crippen molar-refractivity contribution in [3.63, 3.8) is 0 Å². The summed E-state index contributed by atoms with van der Waals surface area (Å²) in [5.41, 5.74) is 0. The quantitative estimate of drug-likeness (QED) is 0.349. The maximum absolute atomic E-state index is 6.00. The summed E-state index contributed by atoms with van der Waals surface area (Å²) in [6, 6.07) is 0. The second-order valence-corrected chi connectivity index (χ2v) is 0. The van der Waals surface area contributed by atoms with E-state index in [0.717, 1.165) is 0 Å². The van der Waals surface area contributed by atoms with Gasteiger partial charge in [0.25, 0.3) is 0 Å². The summed E-state index contributed by atoms with van der Waals surface area (Å²) < 4.78 is 0. The van der Waals surface area contributed by atoms with Crippen molar-refractivity contribution < 1.29 is 68.9 Å². The Labute approximate surface area is 68.0 Å². The first-order valence-corrected chi connectivity index (χ1v) is 0.200. The van der Waals surface area contributed by atoms with Crippen molar-refractivity contribution in [1.82, 2.24) is 0 Å². The summed E-state index contributed by atoms with van der Waals surface area (Å²) in [5.74, 6) is 0. The molecule has 4 heteroatoms. The van der Waals surface area contributed by atoms with Crippen LogP contribution in [-0.2, 0) is 0 Å². The molecule has 0 saturated heterocycles. The standard InChI is InChI=1S/H2O2.2Pu/c1-2;;/h1-2H;;. The molecule has 0 unspecified atom stereocenters. The maximum atomic E-state index is 6.00. The Morgan fingerprint density at radius 3 is 0.750 bits per heavy atom. The Hall–Kier alpha value is 1.89. The van der Waals surface area contributed by atoms with Crippen LogP contribution in [0.1, 0.15) is 0 Å². The normalized spacial score (nSPS) is 1.50. The molecule has 0 aliphatic rings. The number of hydrogen-bond donors (Lipinski definition) is 2. The van der Waals surface area contributed by atoms with E-state index in [9.17, 15) is 0 Å².